The molecule has 6 nitrogen and oxygen atoms in total. The predicted molar refractivity (Wildman–Crippen MR) is 99.7 cm³/mol. The van der Waals surface area contributed by atoms with Crippen molar-refractivity contribution in [1.82, 2.24) is 4.72 Å². The predicted octanol–water partition coefficient (Wildman–Crippen LogP) is 2.70. The molecule has 0 radical (unpaired) electrons. The van der Waals surface area contributed by atoms with E-state index >= 15 is 0 Å². The number of anilines is 1. The van der Waals surface area contributed by atoms with Gasteiger partial charge in [-0.2, -0.15) is 0 Å². The van der Waals surface area contributed by atoms with Crippen molar-refractivity contribution in [3.8, 4) is 0 Å². The van der Waals surface area contributed by atoms with Gasteiger partial charge >= 0.3 is 0 Å². The molecule has 1 amide bonds. The third kappa shape index (κ3) is 4.49. The number of carbonyl (C=O) groups excluding carboxylic acids is 1. The Morgan fingerprint density at radius 2 is 1.88 bits per heavy atom. The van der Waals surface area contributed by atoms with Crippen molar-refractivity contribution >= 4 is 21.6 Å². The number of hydrogen-bond acceptors (Lipinski definition) is 4. The highest BCUT2D eigenvalue weighted by Gasteiger charge is 2.20. The number of amides is 1. The molecule has 138 valence electrons. The first-order chi connectivity index (χ1) is 12.5. The van der Waals surface area contributed by atoms with Crippen molar-refractivity contribution in [3.63, 3.8) is 0 Å². The molecule has 2 aromatic carbocycles. The van der Waals surface area contributed by atoms with E-state index in [-0.39, 0.29) is 23.5 Å². The van der Waals surface area contributed by atoms with Crippen LogP contribution in [-0.2, 0) is 14.8 Å². The first kappa shape index (κ1) is 18.6. The van der Waals surface area contributed by atoms with Crippen LogP contribution < -0.4 is 10.0 Å². The molecule has 1 aliphatic rings. The van der Waals surface area contributed by atoms with Crippen LogP contribution in [0.4, 0.5) is 5.69 Å². The molecule has 0 bridgehead atoms. The SMILES string of the molecule is Cc1ccccc1C(=O)Nc1ccc(S(=O)(=O)NC[C@@H]2CCCO2)cc1. The highest BCUT2D eigenvalue weighted by Crippen LogP contribution is 2.17. The van der Waals surface area contributed by atoms with Gasteiger partial charge in [-0.15, -0.1) is 0 Å². The molecule has 1 fully saturated rings. The Hall–Kier alpha value is -2.22. The van der Waals surface area contributed by atoms with Crippen molar-refractivity contribution in [2.24, 2.45) is 0 Å². The second-order valence-electron chi connectivity index (χ2n) is 6.28. The van der Waals surface area contributed by atoms with Crippen LogP contribution in [0.5, 0.6) is 0 Å². The second kappa shape index (κ2) is 7.99. The minimum Gasteiger partial charge on any atom is -0.377 e. The molecule has 2 aromatic rings. The van der Waals surface area contributed by atoms with Crippen molar-refractivity contribution in [2.45, 2.75) is 30.8 Å². The molecular formula is C19H22N2O4S. The maximum Gasteiger partial charge on any atom is 0.255 e. The molecule has 2 N–H and O–H groups in total. The van der Waals surface area contributed by atoms with Gasteiger partial charge in [-0.1, -0.05) is 18.2 Å². The number of ether oxygens (including phenoxy) is 1. The number of sulfonamides is 1. The Balaban J connectivity index is 1.64. The zero-order chi connectivity index (χ0) is 18.6. The van der Waals surface area contributed by atoms with Gasteiger partial charge in [0.1, 0.15) is 0 Å². The molecule has 1 aliphatic heterocycles. The molecule has 0 spiro atoms. The standard InChI is InChI=1S/C19H22N2O4S/c1-14-5-2-3-7-18(14)19(22)21-15-8-10-17(11-9-15)26(23,24)20-13-16-6-4-12-25-16/h2-3,5,7-11,16,20H,4,6,12-13H2,1H3,(H,21,22)/t16-/m0/s1. The van der Waals surface area contributed by atoms with E-state index in [1.54, 1.807) is 24.3 Å². The Morgan fingerprint density at radius 1 is 1.15 bits per heavy atom. The van der Waals surface area contributed by atoms with Crippen LogP contribution in [0, 0.1) is 6.92 Å². The van der Waals surface area contributed by atoms with Gasteiger partial charge < -0.3 is 10.1 Å². The summed E-state index contributed by atoms with van der Waals surface area (Å²) in [7, 11) is -3.59. The van der Waals surface area contributed by atoms with E-state index in [9.17, 15) is 13.2 Å². The molecule has 1 heterocycles. The largest absolute Gasteiger partial charge is 0.377 e. The summed E-state index contributed by atoms with van der Waals surface area (Å²) in [5.74, 6) is -0.227. The van der Waals surface area contributed by atoms with Crippen LogP contribution in [0.25, 0.3) is 0 Å². The average molecular weight is 374 g/mol. The molecule has 0 unspecified atom stereocenters. The quantitative estimate of drug-likeness (QED) is 0.814. The molecule has 1 saturated heterocycles. The average Bonchev–Trinajstić information content (AvgIpc) is 3.14. The summed E-state index contributed by atoms with van der Waals surface area (Å²) < 4.78 is 32.7. The van der Waals surface area contributed by atoms with E-state index in [2.05, 4.69) is 10.0 Å². The third-order valence-electron chi connectivity index (χ3n) is 4.34. The van der Waals surface area contributed by atoms with Gasteiger partial charge in [0, 0.05) is 24.4 Å². The molecule has 0 aliphatic carbocycles. The summed E-state index contributed by atoms with van der Waals surface area (Å²) in [6, 6.07) is 13.4. The fraction of sp³-hybridized carbons (Fsp3) is 0.316. The fourth-order valence-corrected chi connectivity index (χ4v) is 3.90. The van der Waals surface area contributed by atoms with Gasteiger partial charge in [0.05, 0.1) is 11.0 Å². The molecule has 3 rings (SSSR count). The normalized spacial score (nSPS) is 17.2. The Morgan fingerprint density at radius 3 is 2.54 bits per heavy atom. The lowest BCUT2D eigenvalue weighted by Crippen LogP contribution is -2.31. The number of nitrogens with one attached hydrogen (secondary N) is 2. The molecular weight excluding hydrogens is 352 g/mol. The number of rotatable bonds is 6. The highest BCUT2D eigenvalue weighted by atomic mass is 32.2. The highest BCUT2D eigenvalue weighted by molar-refractivity contribution is 7.89. The number of benzene rings is 2. The first-order valence-electron chi connectivity index (χ1n) is 8.54. The lowest BCUT2D eigenvalue weighted by molar-refractivity contribution is 0.102. The summed E-state index contributed by atoms with van der Waals surface area (Å²) in [4.78, 5) is 12.5. The second-order valence-corrected chi connectivity index (χ2v) is 8.05. The lowest BCUT2D eigenvalue weighted by Gasteiger charge is -2.12. The van der Waals surface area contributed by atoms with Gasteiger partial charge in [-0.25, -0.2) is 13.1 Å². The van der Waals surface area contributed by atoms with Crippen molar-refractivity contribution in [1.29, 1.82) is 0 Å². The topological polar surface area (TPSA) is 84.5 Å². The summed E-state index contributed by atoms with van der Waals surface area (Å²) >= 11 is 0. The van der Waals surface area contributed by atoms with Crippen LogP contribution in [0.2, 0.25) is 0 Å². The minimum absolute atomic E-state index is 0.0579. The first-order valence-corrected chi connectivity index (χ1v) is 10.0. The van der Waals surface area contributed by atoms with Crippen molar-refractivity contribution in [2.75, 3.05) is 18.5 Å². The summed E-state index contributed by atoms with van der Waals surface area (Å²) in [5, 5.41) is 2.78. The number of aryl methyl sites for hydroxylation is 1. The van der Waals surface area contributed by atoms with Gasteiger partial charge in [0.25, 0.3) is 5.91 Å². The Kier molecular flexibility index (Phi) is 5.70. The summed E-state index contributed by atoms with van der Waals surface area (Å²) in [5.41, 5.74) is 2.00. The van der Waals surface area contributed by atoms with Crippen molar-refractivity contribution in [3.05, 3.63) is 59.7 Å². The van der Waals surface area contributed by atoms with E-state index in [1.807, 2.05) is 19.1 Å². The Bertz CT molecular complexity index is 873. The maximum absolute atomic E-state index is 12.3. The molecule has 1 atom stereocenters. The Labute approximate surface area is 153 Å². The molecule has 26 heavy (non-hydrogen) atoms. The van der Waals surface area contributed by atoms with Crippen molar-refractivity contribution < 1.29 is 17.9 Å². The minimum atomic E-state index is -3.59. The van der Waals surface area contributed by atoms with E-state index in [1.165, 1.54) is 12.1 Å². The molecule has 0 aromatic heterocycles. The van der Waals surface area contributed by atoms with Crippen LogP contribution in [0.15, 0.2) is 53.4 Å². The van der Waals surface area contributed by atoms with E-state index in [4.69, 9.17) is 4.74 Å². The van der Waals surface area contributed by atoms with Gasteiger partial charge in [-0.05, 0) is 55.7 Å². The van der Waals surface area contributed by atoms with Crippen LogP contribution in [0.3, 0.4) is 0 Å². The zero-order valence-electron chi connectivity index (χ0n) is 14.6. The number of carbonyl (C=O) groups is 1. The molecule has 0 saturated carbocycles. The molecule has 7 heteroatoms. The van der Waals surface area contributed by atoms with Crippen LogP contribution >= 0.6 is 0 Å². The summed E-state index contributed by atoms with van der Waals surface area (Å²) in [6.07, 6.45) is 1.77. The van der Waals surface area contributed by atoms with E-state index < -0.39 is 10.0 Å². The number of hydrogen-bond donors (Lipinski definition) is 2. The fourth-order valence-electron chi connectivity index (χ4n) is 2.83. The van der Waals surface area contributed by atoms with E-state index in [0.717, 1.165) is 18.4 Å². The van der Waals surface area contributed by atoms with E-state index in [0.29, 0.717) is 17.9 Å². The lowest BCUT2D eigenvalue weighted by atomic mass is 10.1. The monoisotopic (exact) mass is 374 g/mol. The zero-order valence-corrected chi connectivity index (χ0v) is 15.4. The van der Waals surface area contributed by atoms with Crippen LogP contribution in [0.1, 0.15) is 28.8 Å². The summed E-state index contributed by atoms with van der Waals surface area (Å²) in [6.45, 7) is 2.82. The van der Waals surface area contributed by atoms with Gasteiger partial charge in [0.15, 0.2) is 0 Å². The smallest absolute Gasteiger partial charge is 0.255 e. The van der Waals surface area contributed by atoms with Gasteiger partial charge in [-0.3, -0.25) is 4.79 Å². The third-order valence-corrected chi connectivity index (χ3v) is 5.78. The van der Waals surface area contributed by atoms with Gasteiger partial charge in [0.2, 0.25) is 10.0 Å². The van der Waals surface area contributed by atoms with Crippen LogP contribution in [-0.4, -0.2) is 33.6 Å². The maximum atomic E-state index is 12.3.